The van der Waals surface area contributed by atoms with Crippen molar-refractivity contribution in [2.24, 2.45) is 0 Å². The smallest absolute Gasteiger partial charge is 0.264 e. The second-order valence-electron chi connectivity index (χ2n) is 4.04. The Morgan fingerprint density at radius 3 is 2.14 bits per heavy atom. The van der Waals surface area contributed by atoms with Crippen LogP contribution in [-0.4, -0.2) is 8.42 Å². The largest absolute Gasteiger partial charge is 0.399 e. The molecule has 0 radical (unpaired) electrons. The molecule has 0 saturated carbocycles. The van der Waals surface area contributed by atoms with E-state index in [1.807, 2.05) is 0 Å². The number of halogens is 4. The molecule has 0 amide bonds. The first-order chi connectivity index (χ1) is 9.70. The van der Waals surface area contributed by atoms with Crippen molar-refractivity contribution in [3.63, 3.8) is 0 Å². The van der Waals surface area contributed by atoms with Gasteiger partial charge in [-0.15, -0.1) is 0 Å². The van der Waals surface area contributed by atoms with E-state index in [1.54, 1.807) is 0 Å². The normalized spacial score (nSPS) is 11.4. The van der Waals surface area contributed by atoms with Crippen molar-refractivity contribution < 1.29 is 12.8 Å². The maximum atomic E-state index is 13.2. The molecule has 0 spiro atoms. The predicted octanol–water partition coefficient (Wildman–Crippen LogP) is 4.17. The fourth-order valence-corrected chi connectivity index (χ4v) is 4.13. The number of nitrogen functional groups attached to an aromatic ring is 1. The molecule has 0 aliphatic rings. The summed E-state index contributed by atoms with van der Waals surface area (Å²) in [4.78, 5) is -0.361. The lowest BCUT2D eigenvalue weighted by atomic mass is 10.3. The zero-order valence-corrected chi connectivity index (χ0v) is 13.3. The Labute approximate surface area is 135 Å². The van der Waals surface area contributed by atoms with Crippen LogP contribution in [-0.2, 0) is 10.0 Å². The van der Waals surface area contributed by atoms with Crippen LogP contribution < -0.4 is 10.5 Å². The molecule has 2 aromatic rings. The summed E-state index contributed by atoms with van der Waals surface area (Å²) >= 11 is 17.5. The molecular formula is C12H8Cl3FN2O2S. The molecule has 0 heterocycles. The first-order valence-corrected chi connectivity index (χ1v) is 8.05. The van der Waals surface area contributed by atoms with Crippen LogP contribution in [0.15, 0.2) is 35.2 Å². The molecule has 3 N–H and O–H groups in total. The molecule has 0 bridgehead atoms. The Morgan fingerprint density at radius 1 is 1.00 bits per heavy atom. The number of rotatable bonds is 3. The quantitative estimate of drug-likeness (QED) is 0.798. The molecule has 21 heavy (non-hydrogen) atoms. The average molecular weight is 370 g/mol. The third-order valence-corrected chi connectivity index (χ3v) is 5.08. The number of anilines is 2. The highest BCUT2D eigenvalue weighted by Gasteiger charge is 2.23. The van der Waals surface area contributed by atoms with Gasteiger partial charge in [0.15, 0.2) is 0 Å². The zero-order valence-electron chi connectivity index (χ0n) is 10.2. The number of hydrogen-bond donors (Lipinski definition) is 2. The monoisotopic (exact) mass is 368 g/mol. The van der Waals surface area contributed by atoms with Crippen LogP contribution in [0.2, 0.25) is 15.1 Å². The fourth-order valence-electron chi connectivity index (χ4n) is 1.61. The molecular weight excluding hydrogens is 362 g/mol. The fraction of sp³-hybridized carbons (Fsp3) is 0. The predicted molar refractivity (Wildman–Crippen MR) is 83.1 cm³/mol. The Balaban J connectivity index is 2.51. The van der Waals surface area contributed by atoms with Crippen LogP contribution in [0.25, 0.3) is 0 Å². The van der Waals surface area contributed by atoms with E-state index in [1.165, 1.54) is 18.2 Å². The summed E-state index contributed by atoms with van der Waals surface area (Å²) in [6.07, 6.45) is 0. The summed E-state index contributed by atoms with van der Waals surface area (Å²) in [5.41, 5.74) is 5.60. The first-order valence-electron chi connectivity index (χ1n) is 5.43. The summed E-state index contributed by atoms with van der Waals surface area (Å²) in [5, 5.41) is -0.275. The van der Waals surface area contributed by atoms with Gasteiger partial charge in [0.2, 0.25) is 0 Å². The number of benzene rings is 2. The summed E-state index contributed by atoms with van der Waals surface area (Å²) in [6, 6.07) is 5.76. The van der Waals surface area contributed by atoms with Gasteiger partial charge >= 0.3 is 0 Å². The highest BCUT2D eigenvalue weighted by atomic mass is 35.5. The second kappa shape index (κ2) is 5.88. The Kier molecular flexibility index (Phi) is 4.53. The summed E-state index contributed by atoms with van der Waals surface area (Å²) < 4.78 is 39.9. The van der Waals surface area contributed by atoms with Gasteiger partial charge in [-0.3, -0.25) is 4.72 Å². The summed E-state index contributed by atoms with van der Waals surface area (Å²) in [7, 11) is -4.15. The number of sulfonamides is 1. The number of nitrogens with one attached hydrogen (secondary N) is 1. The zero-order chi connectivity index (χ0) is 15.8. The Bertz CT molecular complexity index is 789. The van der Waals surface area contributed by atoms with E-state index in [9.17, 15) is 12.8 Å². The van der Waals surface area contributed by atoms with Gasteiger partial charge in [0.05, 0.1) is 20.8 Å². The minimum atomic E-state index is -4.15. The molecule has 0 aliphatic heterocycles. The van der Waals surface area contributed by atoms with E-state index in [-0.39, 0.29) is 31.3 Å². The van der Waals surface area contributed by atoms with E-state index < -0.39 is 15.8 Å². The number of nitrogens with two attached hydrogens (primary N) is 1. The van der Waals surface area contributed by atoms with Crippen LogP contribution in [0.5, 0.6) is 0 Å². The first kappa shape index (κ1) is 16.2. The molecule has 0 aromatic heterocycles. The van der Waals surface area contributed by atoms with Gasteiger partial charge in [-0.1, -0.05) is 34.8 Å². The second-order valence-corrected chi connectivity index (χ2v) is 6.88. The van der Waals surface area contributed by atoms with Crippen molar-refractivity contribution in [2.45, 2.75) is 4.90 Å². The third kappa shape index (κ3) is 3.52. The van der Waals surface area contributed by atoms with Gasteiger partial charge in [-0.25, -0.2) is 12.8 Å². The molecule has 0 aliphatic carbocycles. The highest BCUT2D eigenvalue weighted by molar-refractivity contribution is 7.93. The van der Waals surface area contributed by atoms with Crippen molar-refractivity contribution in [2.75, 3.05) is 10.5 Å². The minimum absolute atomic E-state index is 0.0302. The van der Waals surface area contributed by atoms with E-state index in [4.69, 9.17) is 40.5 Å². The minimum Gasteiger partial charge on any atom is -0.399 e. The van der Waals surface area contributed by atoms with Gasteiger partial charge < -0.3 is 5.73 Å². The van der Waals surface area contributed by atoms with E-state index in [0.717, 1.165) is 12.1 Å². The lowest BCUT2D eigenvalue weighted by Crippen LogP contribution is -2.14. The molecule has 9 heteroatoms. The molecule has 2 aromatic carbocycles. The maximum absolute atomic E-state index is 13.2. The third-order valence-electron chi connectivity index (χ3n) is 2.46. The molecule has 4 nitrogen and oxygen atoms in total. The van der Waals surface area contributed by atoms with Gasteiger partial charge in [0.25, 0.3) is 10.0 Å². The van der Waals surface area contributed by atoms with Crippen molar-refractivity contribution in [3.05, 3.63) is 51.2 Å². The molecule has 0 atom stereocenters. The topological polar surface area (TPSA) is 72.2 Å². The van der Waals surface area contributed by atoms with Crippen LogP contribution in [0.1, 0.15) is 0 Å². The molecule has 0 fully saturated rings. The van der Waals surface area contributed by atoms with Crippen LogP contribution >= 0.6 is 34.8 Å². The van der Waals surface area contributed by atoms with Crippen molar-refractivity contribution >= 4 is 56.2 Å². The SMILES string of the molecule is Nc1cc(Cl)c(S(=O)(=O)Nc2cc(F)ccc2Cl)c(Cl)c1. The molecule has 0 saturated heterocycles. The standard InChI is InChI=1S/C12H8Cl3FN2O2S/c13-8-2-1-6(16)3-11(8)18-21(19,20)12-9(14)4-7(17)5-10(12)15/h1-5,18H,17H2. The van der Waals surface area contributed by atoms with Gasteiger partial charge in [-0.2, -0.15) is 0 Å². The highest BCUT2D eigenvalue weighted by Crippen LogP contribution is 2.34. The lowest BCUT2D eigenvalue weighted by molar-refractivity contribution is 0.601. The van der Waals surface area contributed by atoms with Gasteiger partial charge in [-0.05, 0) is 30.3 Å². The van der Waals surface area contributed by atoms with Crippen molar-refractivity contribution in [1.82, 2.24) is 0 Å². The van der Waals surface area contributed by atoms with Gasteiger partial charge in [0, 0.05) is 5.69 Å². The van der Waals surface area contributed by atoms with Gasteiger partial charge in [0.1, 0.15) is 10.7 Å². The maximum Gasteiger partial charge on any atom is 0.264 e. The summed E-state index contributed by atoms with van der Waals surface area (Å²) in [5.74, 6) is -0.647. The molecule has 2 rings (SSSR count). The Morgan fingerprint density at radius 2 is 1.57 bits per heavy atom. The van der Waals surface area contributed by atoms with Crippen molar-refractivity contribution in [3.8, 4) is 0 Å². The van der Waals surface area contributed by atoms with Crippen molar-refractivity contribution in [1.29, 1.82) is 0 Å². The van der Waals surface area contributed by atoms with Crippen LogP contribution in [0, 0.1) is 5.82 Å². The summed E-state index contributed by atoms with van der Waals surface area (Å²) in [6.45, 7) is 0. The lowest BCUT2D eigenvalue weighted by Gasteiger charge is -2.12. The average Bonchev–Trinajstić information content (AvgIpc) is 2.31. The molecule has 112 valence electrons. The van der Waals surface area contributed by atoms with Crippen LogP contribution in [0.3, 0.4) is 0 Å². The van der Waals surface area contributed by atoms with E-state index in [2.05, 4.69) is 4.72 Å². The van der Waals surface area contributed by atoms with E-state index >= 15 is 0 Å². The number of hydrogen-bond acceptors (Lipinski definition) is 3. The molecule has 0 unspecified atom stereocenters. The Hall–Kier alpha value is -1.21. The van der Waals surface area contributed by atoms with Crippen LogP contribution in [0.4, 0.5) is 15.8 Å². The van der Waals surface area contributed by atoms with E-state index in [0.29, 0.717) is 0 Å².